The molecule has 1 aromatic carbocycles. The summed E-state index contributed by atoms with van der Waals surface area (Å²) in [6.07, 6.45) is -4.69. The van der Waals surface area contributed by atoms with Crippen molar-refractivity contribution < 1.29 is 23.1 Å². The summed E-state index contributed by atoms with van der Waals surface area (Å²) in [5.41, 5.74) is -1.06. The first-order valence-electron chi connectivity index (χ1n) is 6.76. The van der Waals surface area contributed by atoms with Crippen LogP contribution in [0.25, 0.3) is 0 Å². The molecule has 1 aliphatic rings. The summed E-state index contributed by atoms with van der Waals surface area (Å²) < 4.78 is 39.1. The summed E-state index contributed by atoms with van der Waals surface area (Å²) in [6, 6.07) is 3.55. The zero-order chi connectivity index (χ0) is 15.6. The Hall–Kier alpha value is -1.76. The average Bonchev–Trinajstić information content (AvgIpc) is 2.84. The standard InChI is InChI=1S/C14H17F3N2O2/c1-2-18-12-10(4-3-5-11(12)14(15,16)17)13(21)19-7-6-9(20)8-19/h3-5,9,18,20H,2,6-8H2,1H3. The topological polar surface area (TPSA) is 52.6 Å². The van der Waals surface area contributed by atoms with Crippen LogP contribution in [-0.4, -0.2) is 41.7 Å². The van der Waals surface area contributed by atoms with Crippen molar-refractivity contribution in [1.29, 1.82) is 0 Å². The van der Waals surface area contributed by atoms with Crippen molar-refractivity contribution in [3.63, 3.8) is 0 Å². The van der Waals surface area contributed by atoms with Crippen LogP contribution < -0.4 is 5.32 Å². The third-order valence-corrected chi connectivity index (χ3v) is 3.40. The number of β-amino-alcohol motifs (C(OH)–C–C–N with tert-alkyl or cyclic N) is 1. The highest BCUT2D eigenvalue weighted by atomic mass is 19.4. The van der Waals surface area contributed by atoms with Crippen LogP contribution in [0.4, 0.5) is 18.9 Å². The maximum Gasteiger partial charge on any atom is 0.418 e. The summed E-state index contributed by atoms with van der Waals surface area (Å²) >= 11 is 0. The van der Waals surface area contributed by atoms with Gasteiger partial charge in [0.15, 0.2) is 0 Å². The van der Waals surface area contributed by atoms with E-state index in [9.17, 15) is 23.1 Å². The van der Waals surface area contributed by atoms with E-state index in [0.29, 0.717) is 13.0 Å². The van der Waals surface area contributed by atoms with Gasteiger partial charge in [-0.25, -0.2) is 0 Å². The first kappa shape index (κ1) is 15.6. The first-order valence-corrected chi connectivity index (χ1v) is 6.76. The highest BCUT2D eigenvalue weighted by Gasteiger charge is 2.36. The van der Waals surface area contributed by atoms with Crippen molar-refractivity contribution in [2.75, 3.05) is 25.0 Å². The summed E-state index contributed by atoms with van der Waals surface area (Å²) in [5, 5.41) is 12.1. The normalized spacial score (nSPS) is 18.9. The molecule has 0 spiro atoms. The number of halogens is 3. The number of carbonyl (C=O) groups is 1. The molecule has 2 N–H and O–H groups in total. The number of para-hydroxylation sites is 1. The Morgan fingerprint density at radius 2 is 2.19 bits per heavy atom. The fourth-order valence-electron chi connectivity index (χ4n) is 2.43. The van der Waals surface area contributed by atoms with Gasteiger partial charge in [0.1, 0.15) is 0 Å². The van der Waals surface area contributed by atoms with E-state index in [4.69, 9.17) is 0 Å². The molecule has 1 amide bonds. The molecule has 116 valence electrons. The van der Waals surface area contributed by atoms with Gasteiger partial charge >= 0.3 is 6.18 Å². The number of alkyl halides is 3. The summed E-state index contributed by atoms with van der Waals surface area (Å²) in [5.74, 6) is -0.492. The van der Waals surface area contributed by atoms with Gasteiger partial charge in [0, 0.05) is 19.6 Å². The quantitative estimate of drug-likeness (QED) is 0.901. The molecule has 0 aliphatic carbocycles. The molecule has 1 heterocycles. The first-order chi connectivity index (χ1) is 9.84. The van der Waals surface area contributed by atoms with E-state index in [0.717, 1.165) is 6.07 Å². The molecule has 4 nitrogen and oxygen atoms in total. The molecule has 1 atom stereocenters. The van der Waals surface area contributed by atoms with Gasteiger partial charge < -0.3 is 15.3 Å². The van der Waals surface area contributed by atoms with Crippen molar-refractivity contribution in [2.45, 2.75) is 25.6 Å². The molecule has 0 saturated carbocycles. The van der Waals surface area contributed by atoms with Crippen LogP contribution in [0, 0.1) is 0 Å². The van der Waals surface area contributed by atoms with Crippen LogP contribution in [0.1, 0.15) is 29.3 Å². The van der Waals surface area contributed by atoms with Crippen molar-refractivity contribution >= 4 is 11.6 Å². The Kier molecular flexibility index (Phi) is 4.41. The highest BCUT2D eigenvalue weighted by Crippen LogP contribution is 2.37. The van der Waals surface area contributed by atoms with Crippen LogP contribution in [0.5, 0.6) is 0 Å². The zero-order valence-corrected chi connectivity index (χ0v) is 11.6. The van der Waals surface area contributed by atoms with Gasteiger partial charge in [-0.1, -0.05) is 6.07 Å². The van der Waals surface area contributed by atoms with Crippen molar-refractivity contribution in [1.82, 2.24) is 4.90 Å². The zero-order valence-electron chi connectivity index (χ0n) is 11.6. The van der Waals surface area contributed by atoms with Gasteiger partial charge in [-0.15, -0.1) is 0 Å². The molecule has 1 aliphatic heterocycles. The smallest absolute Gasteiger partial charge is 0.391 e. The Bertz CT molecular complexity index is 531. The van der Waals surface area contributed by atoms with E-state index in [1.807, 2.05) is 0 Å². The average molecular weight is 302 g/mol. The number of aliphatic hydroxyl groups excluding tert-OH is 1. The van der Waals surface area contributed by atoms with Crippen LogP contribution in [0.3, 0.4) is 0 Å². The fourth-order valence-corrected chi connectivity index (χ4v) is 2.43. The number of nitrogens with one attached hydrogen (secondary N) is 1. The molecule has 0 aromatic heterocycles. The van der Waals surface area contributed by atoms with Crippen LogP contribution in [-0.2, 0) is 6.18 Å². The maximum absolute atomic E-state index is 13.0. The predicted molar refractivity (Wildman–Crippen MR) is 72.1 cm³/mol. The number of hydrogen-bond acceptors (Lipinski definition) is 3. The van der Waals surface area contributed by atoms with Gasteiger partial charge in [0.2, 0.25) is 0 Å². The summed E-state index contributed by atoms with van der Waals surface area (Å²) in [6.45, 7) is 2.44. The van der Waals surface area contributed by atoms with Crippen molar-refractivity contribution in [3.8, 4) is 0 Å². The lowest BCUT2D eigenvalue weighted by Gasteiger charge is -2.21. The second-order valence-electron chi connectivity index (χ2n) is 4.95. The number of rotatable bonds is 3. The van der Waals surface area contributed by atoms with Gasteiger partial charge in [0.25, 0.3) is 5.91 Å². The van der Waals surface area contributed by atoms with E-state index in [1.54, 1.807) is 6.92 Å². The summed E-state index contributed by atoms with van der Waals surface area (Å²) in [7, 11) is 0. The molecule has 0 radical (unpaired) electrons. The SMILES string of the molecule is CCNc1c(C(=O)N2CCC(O)C2)cccc1C(F)(F)F. The lowest BCUT2D eigenvalue weighted by molar-refractivity contribution is -0.137. The molecule has 1 saturated heterocycles. The van der Waals surface area contributed by atoms with Gasteiger partial charge in [0.05, 0.1) is 22.9 Å². The third kappa shape index (κ3) is 3.29. The molecule has 1 aromatic rings. The fraction of sp³-hybridized carbons (Fsp3) is 0.500. The lowest BCUT2D eigenvalue weighted by Crippen LogP contribution is -2.30. The third-order valence-electron chi connectivity index (χ3n) is 3.40. The number of aliphatic hydroxyl groups is 1. The summed E-state index contributed by atoms with van der Waals surface area (Å²) in [4.78, 5) is 13.8. The minimum atomic E-state index is -4.53. The Morgan fingerprint density at radius 3 is 2.71 bits per heavy atom. The number of anilines is 1. The second-order valence-corrected chi connectivity index (χ2v) is 4.95. The number of benzene rings is 1. The molecular formula is C14H17F3N2O2. The molecule has 7 heteroatoms. The van der Waals surface area contributed by atoms with Gasteiger partial charge in [-0.2, -0.15) is 13.2 Å². The second kappa shape index (κ2) is 5.93. The van der Waals surface area contributed by atoms with E-state index >= 15 is 0 Å². The Morgan fingerprint density at radius 1 is 1.48 bits per heavy atom. The van der Waals surface area contributed by atoms with Gasteiger partial charge in [-0.3, -0.25) is 4.79 Å². The maximum atomic E-state index is 13.0. The highest BCUT2D eigenvalue weighted by molar-refractivity contribution is 6.00. The molecular weight excluding hydrogens is 285 g/mol. The molecule has 2 rings (SSSR count). The molecule has 21 heavy (non-hydrogen) atoms. The Labute approximate surface area is 120 Å². The molecule has 1 unspecified atom stereocenters. The van der Waals surface area contributed by atoms with Crippen molar-refractivity contribution in [3.05, 3.63) is 29.3 Å². The van der Waals surface area contributed by atoms with E-state index < -0.39 is 23.8 Å². The largest absolute Gasteiger partial charge is 0.418 e. The number of hydrogen-bond donors (Lipinski definition) is 2. The monoisotopic (exact) mass is 302 g/mol. The van der Waals surface area contributed by atoms with Crippen LogP contribution >= 0.6 is 0 Å². The minimum absolute atomic E-state index is 0.0132. The number of carbonyl (C=O) groups excluding carboxylic acids is 1. The molecule has 1 fully saturated rings. The van der Waals surface area contributed by atoms with E-state index in [-0.39, 0.29) is 24.3 Å². The molecule has 0 bridgehead atoms. The lowest BCUT2D eigenvalue weighted by atomic mass is 10.0. The minimum Gasteiger partial charge on any atom is -0.391 e. The van der Waals surface area contributed by atoms with Gasteiger partial charge in [-0.05, 0) is 25.5 Å². The number of amides is 1. The Balaban J connectivity index is 2.40. The van der Waals surface area contributed by atoms with Crippen LogP contribution in [0.2, 0.25) is 0 Å². The van der Waals surface area contributed by atoms with E-state index in [1.165, 1.54) is 17.0 Å². The van der Waals surface area contributed by atoms with Crippen molar-refractivity contribution in [2.24, 2.45) is 0 Å². The van der Waals surface area contributed by atoms with Crippen LogP contribution in [0.15, 0.2) is 18.2 Å². The number of nitrogens with zero attached hydrogens (tertiary/aromatic N) is 1. The predicted octanol–water partition coefficient (Wildman–Crippen LogP) is 2.34. The number of likely N-dealkylation sites (tertiary alicyclic amines) is 1. The van der Waals surface area contributed by atoms with E-state index in [2.05, 4.69) is 5.32 Å².